The monoisotopic (exact) mass is 297 g/mol. The maximum Gasteiger partial charge on any atom is 0.323 e. The molecular formula is C13H23N5OS. The molecule has 1 fully saturated rings. The van der Waals surface area contributed by atoms with Crippen LogP contribution in [0.1, 0.15) is 32.6 Å². The number of aromatic nitrogens is 3. The molecule has 0 unspecified atom stereocenters. The van der Waals surface area contributed by atoms with Crippen LogP contribution in [-0.4, -0.2) is 46.2 Å². The SMILES string of the molecule is CCOc1nc(NC)nc(NC2CCC(SC)CC2)n1. The lowest BCUT2D eigenvalue weighted by Gasteiger charge is -2.28. The second-order valence-corrected chi connectivity index (χ2v) is 5.94. The third-order valence-corrected chi connectivity index (χ3v) is 4.59. The van der Waals surface area contributed by atoms with Crippen molar-refractivity contribution in [2.75, 3.05) is 30.5 Å². The molecule has 2 N–H and O–H groups in total. The van der Waals surface area contributed by atoms with E-state index in [1.807, 2.05) is 18.7 Å². The summed E-state index contributed by atoms with van der Waals surface area (Å²) in [7, 11) is 1.79. The molecule has 1 saturated carbocycles. The molecule has 0 spiro atoms. The van der Waals surface area contributed by atoms with E-state index in [2.05, 4.69) is 31.8 Å². The van der Waals surface area contributed by atoms with E-state index in [4.69, 9.17) is 4.74 Å². The third-order valence-electron chi connectivity index (χ3n) is 3.45. The van der Waals surface area contributed by atoms with E-state index in [1.165, 1.54) is 12.8 Å². The number of ether oxygens (including phenoxy) is 1. The van der Waals surface area contributed by atoms with Crippen LogP contribution in [0.3, 0.4) is 0 Å². The minimum absolute atomic E-state index is 0.368. The van der Waals surface area contributed by atoms with Crippen LogP contribution in [0.5, 0.6) is 6.01 Å². The first kappa shape index (κ1) is 15.2. The lowest BCUT2D eigenvalue weighted by molar-refractivity contribution is 0.312. The quantitative estimate of drug-likeness (QED) is 0.835. The third kappa shape index (κ3) is 4.13. The van der Waals surface area contributed by atoms with E-state index in [-0.39, 0.29) is 0 Å². The minimum atomic E-state index is 0.368. The van der Waals surface area contributed by atoms with Gasteiger partial charge in [-0.3, -0.25) is 0 Å². The highest BCUT2D eigenvalue weighted by Gasteiger charge is 2.21. The summed E-state index contributed by atoms with van der Waals surface area (Å²) >= 11 is 1.97. The predicted molar refractivity (Wildman–Crippen MR) is 83.7 cm³/mol. The molecule has 0 saturated heterocycles. The van der Waals surface area contributed by atoms with Gasteiger partial charge in [-0.2, -0.15) is 26.7 Å². The van der Waals surface area contributed by atoms with E-state index in [0.717, 1.165) is 18.1 Å². The zero-order valence-electron chi connectivity index (χ0n) is 12.3. The number of nitrogens with one attached hydrogen (secondary N) is 2. The van der Waals surface area contributed by atoms with Crippen LogP contribution in [0.2, 0.25) is 0 Å². The van der Waals surface area contributed by atoms with Gasteiger partial charge in [0.15, 0.2) is 0 Å². The maximum absolute atomic E-state index is 5.37. The van der Waals surface area contributed by atoms with Crippen molar-refractivity contribution in [3.05, 3.63) is 0 Å². The number of hydrogen-bond donors (Lipinski definition) is 2. The van der Waals surface area contributed by atoms with Crippen molar-refractivity contribution in [2.24, 2.45) is 0 Å². The van der Waals surface area contributed by atoms with Crippen LogP contribution in [0.15, 0.2) is 0 Å². The molecule has 20 heavy (non-hydrogen) atoms. The summed E-state index contributed by atoms with van der Waals surface area (Å²) in [6.07, 6.45) is 7.02. The molecule has 0 bridgehead atoms. The average Bonchev–Trinajstić information content (AvgIpc) is 2.48. The van der Waals surface area contributed by atoms with Gasteiger partial charge in [0, 0.05) is 18.3 Å². The smallest absolute Gasteiger partial charge is 0.323 e. The fourth-order valence-corrected chi connectivity index (χ4v) is 3.10. The van der Waals surface area contributed by atoms with Crippen molar-refractivity contribution in [3.8, 4) is 6.01 Å². The standard InChI is InChI=1S/C13H23N5OS/c1-4-19-13-17-11(14-2)16-12(18-13)15-9-5-7-10(20-3)8-6-9/h9-10H,4-8H2,1-3H3,(H2,14,15,16,17,18). The number of anilines is 2. The fourth-order valence-electron chi connectivity index (χ4n) is 2.35. The molecule has 1 aromatic rings. The maximum atomic E-state index is 5.37. The van der Waals surface area contributed by atoms with Crippen molar-refractivity contribution in [1.82, 2.24) is 15.0 Å². The van der Waals surface area contributed by atoms with Crippen LogP contribution in [-0.2, 0) is 0 Å². The Morgan fingerprint density at radius 2 is 1.85 bits per heavy atom. The Labute approximate surface area is 124 Å². The van der Waals surface area contributed by atoms with Crippen molar-refractivity contribution in [3.63, 3.8) is 0 Å². The molecule has 6 nitrogen and oxygen atoms in total. The zero-order chi connectivity index (χ0) is 14.4. The highest BCUT2D eigenvalue weighted by molar-refractivity contribution is 7.99. The Bertz CT molecular complexity index is 423. The minimum Gasteiger partial charge on any atom is -0.464 e. The molecule has 112 valence electrons. The molecule has 0 aliphatic heterocycles. The van der Waals surface area contributed by atoms with Crippen LogP contribution < -0.4 is 15.4 Å². The predicted octanol–water partition coefficient (Wildman–Crippen LogP) is 2.40. The van der Waals surface area contributed by atoms with Gasteiger partial charge in [-0.1, -0.05) is 0 Å². The summed E-state index contributed by atoms with van der Waals surface area (Å²) in [4.78, 5) is 12.8. The van der Waals surface area contributed by atoms with Gasteiger partial charge in [0.25, 0.3) is 0 Å². The Hall–Kier alpha value is -1.24. The summed E-state index contributed by atoms with van der Waals surface area (Å²) in [5, 5.41) is 7.15. The van der Waals surface area contributed by atoms with Crippen LogP contribution in [0.4, 0.5) is 11.9 Å². The number of nitrogens with zero attached hydrogens (tertiary/aromatic N) is 3. The molecule has 0 amide bonds. The van der Waals surface area contributed by atoms with Gasteiger partial charge in [-0.25, -0.2) is 0 Å². The Balaban J connectivity index is 1.99. The van der Waals surface area contributed by atoms with Crippen LogP contribution >= 0.6 is 11.8 Å². The van der Waals surface area contributed by atoms with E-state index in [1.54, 1.807) is 7.05 Å². The zero-order valence-corrected chi connectivity index (χ0v) is 13.2. The first-order valence-electron chi connectivity index (χ1n) is 7.11. The largest absolute Gasteiger partial charge is 0.464 e. The second kappa shape index (κ2) is 7.52. The molecule has 1 aliphatic carbocycles. The number of hydrogen-bond acceptors (Lipinski definition) is 7. The van der Waals surface area contributed by atoms with E-state index in [9.17, 15) is 0 Å². The van der Waals surface area contributed by atoms with Gasteiger partial charge in [0.05, 0.1) is 6.61 Å². The molecule has 1 aromatic heterocycles. The first-order chi connectivity index (χ1) is 9.75. The summed E-state index contributed by atoms with van der Waals surface area (Å²) in [5.74, 6) is 1.13. The van der Waals surface area contributed by atoms with Gasteiger partial charge < -0.3 is 15.4 Å². The lowest BCUT2D eigenvalue weighted by atomic mass is 9.95. The number of thioether (sulfide) groups is 1. The normalized spacial score (nSPS) is 22.4. The van der Waals surface area contributed by atoms with Gasteiger partial charge in [-0.15, -0.1) is 0 Å². The fraction of sp³-hybridized carbons (Fsp3) is 0.769. The second-order valence-electron chi connectivity index (χ2n) is 4.80. The van der Waals surface area contributed by atoms with Crippen molar-refractivity contribution in [2.45, 2.75) is 43.9 Å². The van der Waals surface area contributed by atoms with Crippen molar-refractivity contribution < 1.29 is 4.74 Å². The Kier molecular flexibility index (Phi) is 5.70. The highest BCUT2D eigenvalue weighted by atomic mass is 32.2. The Morgan fingerprint density at radius 3 is 2.45 bits per heavy atom. The van der Waals surface area contributed by atoms with Gasteiger partial charge >= 0.3 is 6.01 Å². The van der Waals surface area contributed by atoms with Crippen LogP contribution in [0.25, 0.3) is 0 Å². The highest BCUT2D eigenvalue weighted by Crippen LogP contribution is 2.28. The van der Waals surface area contributed by atoms with Gasteiger partial charge in [0.1, 0.15) is 0 Å². The topological polar surface area (TPSA) is 72.0 Å². The van der Waals surface area contributed by atoms with E-state index >= 15 is 0 Å². The first-order valence-corrected chi connectivity index (χ1v) is 8.40. The lowest BCUT2D eigenvalue weighted by Crippen LogP contribution is -2.28. The van der Waals surface area contributed by atoms with E-state index in [0.29, 0.717) is 30.6 Å². The van der Waals surface area contributed by atoms with Crippen molar-refractivity contribution in [1.29, 1.82) is 0 Å². The van der Waals surface area contributed by atoms with Crippen molar-refractivity contribution >= 4 is 23.7 Å². The van der Waals surface area contributed by atoms with E-state index < -0.39 is 0 Å². The van der Waals surface area contributed by atoms with Gasteiger partial charge in [0.2, 0.25) is 11.9 Å². The Morgan fingerprint density at radius 1 is 1.15 bits per heavy atom. The molecule has 0 aromatic carbocycles. The molecule has 7 heteroatoms. The van der Waals surface area contributed by atoms with Crippen LogP contribution in [0, 0.1) is 0 Å². The molecule has 0 radical (unpaired) electrons. The van der Waals surface area contributed by atoms with Gasteiger partial charge in [-0.05, 0) is 38.9 Å². The molecule has 0 atom stereocenters. The molecule has 2 rings (SSSR count). The molecule has 1 heterocycles. The molecular weight excluding hydrogens is 274 g/mol. The summed E-state index contributed by atoms with van der Waals surface area (Å²) in [6, 6.07) is 0.812. The summed E-state index contributed by atoms with van der Waals surface area (Å²) in [6.45, 7) is 2.46. The number of rotatable bonds is 6. The average molecular weight is 297 g/mol. The molecule has 1 aliphatic rings. The summed E-state index contributed by atoms with van der Waals surface area (Å²) in [5.41, 5.74) is 0. The summed E-state index contributed by atoms with van der Waals surface area (Å²) < 4.78 is 5.37.